The van der Waals surface area contributed by atoms with Crippen LogP contribution in [0.1, 0.15) is 20.8 Å². The predicted molar refractivity (Wildman–Crippen MR) is 78.9 cm³/mol. The molecule has 0 radical (unpaired) electrons. The standard InChI is InChI=1S/C12H8Br2ClFS/c1-6-2-3-7(4-9(6)16)11(14)10-5-8(13)12(15)17-10/h2-5,11H,1H3. The van der Waals surface area contributed by atoms with E-state index >= 15 is 0 Å². The van der Waals surface area contributed by atoms with Gasteiger partial charge in [0.05, 0.1) is 4.83 Å². The molecule has 90 valence electrons. The molecule has 0 spiro atoms. The number of alkyl halides is 1. The number of aryl methyl sites for hydroxylation is 1. The normalized spacial score (nSPS) is 12.8. The third-order valence-corrected chi connectivity index (χ3v) is 6.27. The van der Waals surface area contributed by atoms with E-state index in [-0.39, 0.29) is 10.6 Å². The highest BCUT2D eigenvalue weighted by atomic mass is 79.9. The molecule has 1 aromatic carbocycles. The minimum absolute atomic E-state index is 0.0357. The fraction of sp³-hybridized carbons (Fsp3) is 0.167. The van der Waals surface area contributed by atoms with E-state index in [1.165, 1.54) is 11.3 Å². The molecule has 0 aliphatic heterocycles. The van der Waals surface area contributed by atoms with Crippen LogP contribution < -0.4 is 0 Å². The van der Waals surface area contributed by atoms with E-state index in [4.69, 9.17) is 11.6 Å². The molecular weight excluding hydrogens is 390 g/mol. The Balaban J connectivity index is 2.36. The number of hydrogen-bond donors (Lipinski definition) is 0. The number of benzene rings is 1. The summed E-state index contributed by atoms with van der Waals surface area (Å²) >= 11 is 14.4. The van der Waals surface area contributed by atoms with E-state index in [1.807, 2.05) is 12.1 Å². The Morgan fingerprint density at radius 2 is 2.06 bits per heavy atom. The van der Waals surface area contributed by atoms with Crippen LogP contribution >= 0.6 is 54.8 Å². The van der Waals surface area contributed by atoms with Crippen molar-refractivity contribution in [2.75, 3.05) is 0 Å². The van der Waals surface area contributed by atoms with Crippen LogP contribution in [0.5, 0.6) is 0 Å². The van der Waals surface area contributed by atoms with Crippen LogP contribution in [-0.2, 0) is 0 Å². The van der Waals surface area contributed by atoms with Crippen molar-refractivity contribution in [3.63, 3.8) is 0 Å². The Kier molecular flexibility index (Phi) is 4.29. The zero-order valence-electron chi connectivity index (χ0n) is 8.81. The summed E-state index contributed by atoms with van der Waals surface area (Å²) in [6.45, 7) is 1.75. The van der Waals surface area contributed by atoms with Gasteiger partial charge in [-0.3, -0.25) is 0 Å². The fourth-order valence-corrected chi connectivity index (χ4v) is 3.86. The maximum absolute atomic E-state index is 13.5. The SMILES string of the molecule is Cc1ccc(C(Br)c2cc(Br)c(Cl)s2)cc1F. The molecule has 17 heavy (non-hydrogen) atoms. The van der Waals surface area contributed by atoms with Crippen molar-refractivity contribution in [2.45, 2.75) is 11.8 Å². The Morgan fingerprint density at radius 3 is 2.59 bits per heavy atom. The Bertz CT molecular complexity index is 534. The summed E-state index contributed by atoms with van der Waals surface area (Å²) in [7, 11) is 0. The van der Waals surface area contributed by atoms with Crippen LogP contribution in [0.15, 0.2) is 28.7 Å². The lowest BCUT2D eigenvalue weighted by Crippen LogP contribution is -1.92. The lowest BCUT2D eigenvalue weighted by molar-refractivity contribution is 0.616. The van der Waals surface area contributed by atoms with Crippen LogP contribution in [0.3, 0.4) is 0 Å². The molecule has 0 bridgehead atoms. The summed E-state index contributed by atoms with van der Waals surface area (Å²) in [6, 6.07) is 7.20. The average molecular weight is 399 g/mol. The zero-order chi connectivity index (χ0) is 12.6. The Morgan fingerprint density at radius 1 is 1.35 bits per heavy atom. The van der Waals surface area contributed by atoms with E-state index in [0.29, 0.717) is 9.90 Å². The molecule has 1 aromatic heterocycles. The Hall–Kier alpha value is 0.1000. The highest BCUT2D eigenvalue weighted by molar-refractivity contribution is 9.10. The van der Waals surface area contributed by atoms with Crippen molar-refractivity contribution in [2.24, 2.45) is 0 Å². The van der Waals surface area contributed by atoms with Crippen molar-refractivity contribution < 1.29 is 4.39 Å². The largest absolute Gasteiger partial charge is 0.207 e. The minimum atomic E-state index is -0.186. The van der Waals surface area contributed by atoms with Crippen molar-refractivity contribution >= 4 is 54.8 Å². The Labute approximate surface area is 125 Å². The second-order valence-corrected chi connectivity index (χ2v) is 7.10. The van der Waals surface area contributed by atoms with E-state index in [1.54, 1.807) is 19.1 Å². The van der Waals surface area contributed by atoms with E-state index < -0.39 is 0 Å². The second kappa shape index (κ2) is 5.39. The van der Waals surface area contributed by atoms with Crippen LogP contribution in [-0.4, -0.2) is 0 Å². The molecule has 0 nitrogen and oxygen atoms in total. The molecule has 0 saturated carbocycles. The quantitative estimate of drug-likeness (QED) is 0.537. The molecule has 1 unspecified atom stereocenters. The first-order valence-electron chi connectivity index (χ1n) is 4.84. The van der Waals surface area contributed by atoms with Crippen LogP contribution in [0, 0.1) is 12.7 Å². The molecule has 0 saturated heterocycles. The molecule has 0 aliphatic carbocycles. The molecule has 1 atom stereocenters. The van der Waals surface area contributed by atoms with E-state index in [2.05, 4.69) is 31.9 Å². The molecule has 1 heterocycles. The summed E-state index contributed by atoms with van der Waals surface area (Å²) in [6.07, 6.45) is 0. The molecule has 2 rings (SSSR count). The summed E-state index contributed by atoms with van der Waals surface area (Å²) in [5, 5.41) is 0. The molecule has 0 aliphatic rings. The van der Waals surface area contributed by atoms with Gasteiger partial charge in [-0.05, 0) is 46.1 Å². The summed E-state index contributed by atoms with van der Waals surface area (Å²) in [5.41, 5.74) is 1.54. The van der Waals surface area contributed by atoms with E-state index in [0.717, 1.165) is 14.9 Å². The summed E-state index contributed by atoms with van der Waals surface area (Å²) in [5.74, 6) is -0.186. The predicted octanol–water partition coefficient (Wildman–Crippen LogP) is 6.10. The highest BCUT2D eigenvalue weighted by Crippen LogP contribution is 2.41. The van der Waals surface area contributed by atoms with Gasteiger partial charge >= 0.3 is 0 Å². The monoisotopic (exact) mass is 396 g/mol. The van der Waals surface area contributed by atoms with Crippen molar-refractivity contribution in [1.29, 1.82) is 0 Å². The highest BCUT2D eigenvalue weighted by Gasteiger charge is 2.16. The van der Waals surface area contributed by atoms with Gasteiger partial charge in [0.25, 0.3) is 0 Å². The molecule has 5 heteroatoms. The summed E-state index contributed by atoms with van der Waals surface area (Å²) in [4.78, 5) is 1.01. The number of hydrogen-bond acceptors (Lipinski definition) is 1. The lowest BCUT2D eigenvalue weighted by Gasteiger charge is -2.08. The average Bonchev–Trinajstić information content (AvgIpc) is 2.62. The van der Waals surface area contributed by atoms with Gasteiger partial charge in [-0.15, -0.1) is 11.3 Å². The topological polar surface area (TPSA) is 0 Å². The van der Waals surface area contributed by atoms with Crippen molar-refractivity contribution in [1.82, 2.24) is 0 Å². The number of rotatable bonds is 2. The molecule has 0 amide bonds. The van der Waals surface area contributed by atoms with Gasteiger partial charge in [0.15, 0.2) is 0 Å². The first-order valence-corrected chi connectivity index (χ1v) is 7.74. The lowest BCUT2D eigenvalue weighted by atomic mass is 10.1. The van der Waals surface area contributed by atoms with Crippen molar-refractivity contribution in [3.8, 4) is 0 Å². The van der Waals surface area contributed by atoms with Gasteiger partial charge in [-0.25, -0.2) is 4.39 Å². The molecule has 2 aromatic rings. The minimum Gasteiger partial charge on any atom is -0.207 e. The van der Waals surface area contributed by atoms with Gasteiger partial charge in [0.2, 0.25) is 0 Å². The second-order valence-electron chi connectivity index (χ2n) is 3.64. The van der Waals surface area contributed by atoms with Crippen LogP contribution in [0.2, 0.25) is 4.34 Å². The number of halogens is 4. The number of thiophene rings is 1. The first-order chi connectivity index (χ1) is 7.99. The summed E-state index contributed by atoms with van der Waals surface area (Å²) < 4.78 is 15.1. The third-order valence-electron chi connectivity index (χ3n) is 2.40. The van der Waals surface area contributed by atoms with Crippen LogP contribution in [0.25, 0.3) is 0 Å². The van der Waals surface area contributed by atoms with Crippen molar-refractivity contribution in [3.05, 3.63) is 54.9 Å². The zero-order valence-corrected chi connectivity index (χ0v) is 13.6. The van der Waals surface area contributed by atoms with Gasteiger partial charge in [-0.2, -0.15) is 0 Å². The fourth-order valence-electron chi connectivity index (χ4n) is 1.42. The smallest absolute Gasteiger partial charge is 0.126 e. The van der Waals surface area contributed by atoms with Gasteiger partial charge < -0.3 is 0 Å². The molecule has 0 fully saturated rings. The maximum Gasteiger partial charge on any atom is 0.126 e. The third kappa shape index (κ3) is 2.92. The van der Waals surface area contributed by atoms with Gasteiger partial charge in [0.1, 0.15) is 10.2 Å². The van der Waals surface area contributed by atoms with Gasteiger partial charge in [0, 0.05) is 9.35 Å². The van der Waals surface area contributed by atoms with E-state index in [9.17, 15) is 4.39 Å². The maximum atomic E-state index is 13.5. The molecule has 0 N–H and O–H groups in total. The van der Waals surface area contributed by atoms with Gasteiger partial charge in [-0.1, -0.05) is 39.7 Å². The van der Waals surface area contributed by atoms with Crippen LogP contribution in [0.4, 0.5) is 4.39 Å². The molecular formula is C12H8Br2ClFS. The first kappa shape index (κ1) is 13.5.